The lowest BCUT2D eigenvalue weighted by molar-refractivity contribution is 0.967. The molecule has 0 atom stereocenters. The number of hydrogen-bond acceptors (Lipinski definition) is 2. The molecule has 0 saturated carbocycles. The monoisotopic (exact) mass is 267 g/mol. The van der Waals surface area contributed by atoms with Gasteiger partial charge in [0.25, 0.3) is 0 Å². The van der Waals surface area contributed by atoms with E-state index < -0.39 is 0 Å². The van der Waals surface area contributed by atoms with Crippen LogP contribution >= 0.6 is 11.3 Å². The number of rotatable bonds is 4. The molecule has 1 heterocycles. The minimum atomic E-state index is 0.717. The maximum atomic E-state index is 5.57. The van der Waals surface area contributed by atoms with Crippen LogP contribution in [0.25, 0.3) is 10.1 Å². The molecular weight excluding hydrogens is 250 g/mol. The molecule has 0 spiro atoms. The highest BCUT2D eigenvalue weighted by Gasteiger charge is 2.04. The van der Waals surface area contributed by atoms with E-state index in [1.807, 2.05) is 11.3 Å². The maximum absolute atomic E-state index is 5.57. The molecule has 0 amide bonds. The molecule has 0 radical (unpaired) electrons. The summed E-state index contributed by atoms with van der Waals surface area (Å²) < 4.78 is 1.37. The van der Waals surface area contributed by atoms with Gasteiger partial charge in [-0.15, -0.1) is 11.3 Å². The van der Waals surface area contributed by atoms with Crippen LogP contribution in [0, 0.1) is 0 Å². The van der Waals surface area contributed by atoms with E-state index in [9.17, 15) is 0 Å². The van der Waals surface area contributed by atoms with E-state index in [2.05, 4.69) is 53.9 Å². The van der Waals surface area contributed by atoms with Gasteiger partial charge in [-0.3, -0.25) is 0 Å². The molecule has 19 heavy (non-hydrogen) atoms. The molecule has 96 valence electrons. The first-order chi connectivity index (χ1) is 9.36. The molecule has 0 fully saturated rings. The first-order valence-electron chi connectivity index (χ1n) is 6.60. The highest BCUT2D eigenvalue weighted by molar-refractivity contribution is 7.17. The van der Waals surface area contributed by atoms with Crippen LogP contribution in [-0.4, -0.2) is 6.54 Å². The Labute approximate surface area is 117 Å². The molecule has 0 saturated heterocycles. The summed E-state index contributed by atoms with van der Waals surface area (Å²) >= 11 is 1.83. The molecule has 3 aromatic rings. The van der Waals surface area contributed by atoms with Crippen molar-refractivity contribution >= 4 is 21.4 Å². The van der Waals surface area contributed by atoms with Crippen LogP contribution in [-0.2, 0) is 12.8 Å². The largest absolute Gasteiger partial charge is 0.330 e. The van der Waals surface area contributed by atoms with Gasteiger partial charge in [0.2, 0.25) is 0 Å². The van der Waals surface area contributed by atoms with Crippen molar-refractivity contribution in [1.29, 1.82) is 0 Å². The molecule has 0 aliphatic heterocycles. The molecule has 2 heteroatoms. The zero-order chi connectivity index (χ0) is 13.1. The molecule has 0 aliphatic rings. The second kappa shape index (κ2) is 5.55. The van der Waals surface area contributed by atoms with E-state index in [1.165, 1.54) is 26.8 Å². The highest BCUT2D eigenvalue weighted by Crippen LogP contribution is 2.27. The van der Waals surface area contributed by atoms with Crippen LogP contribution in [0.1, 0.15) is 16.7 Å². The summed E-state index contributed by atoms with van der Waals surface area (Å²) in [7, 11) is 0. The van der Waals surface area contributed by atoms with Crippen LogP contribution in [0.2, 0.25) is 0 Å². The highest BCUT2D eigenvalue weighted by atomic mass is 32.1. The van der Waals surface area contributed by atoms with Crippen molar-refractivity contribution in [2.24, 2.45) is 5.73 Å². The Bertz CT molecular complexity index is 667. The van der Waals surface area contributed by atoms with Gasteiger partial charge in [-0.2, -0.15) is 0 Å². The van der Waals surface area contributed by atoms with Gasteiger partial charge in [0.1, 0.15) is 0 Å². The molecular formula is C17H17NS. The summed E-state index contributed by atoms with van der Waals surface area (Å²) in [5, 5.41) is 3.66. The predicted molar refractivity (Wildman–Crippen MR) is 83.8 cm³/mol. The average Bonchev–Trinajstić information content (AvgIpc) is 2.85. The Morgan fingerprint density at radius 1 is 0.895 bits per heavy atom. The summed E-state index contributed by atoms with van der Waals surface area (Å²) in [6.07, 6.45) is 1.97. The average molecular weight is 267 g/mol. The van der Waals surface area contributed by atoms with Gasteiger partial charge in [-0.1, -0.05) is 42.5 Å². The number of fused-ring (bicyclic) bond motifs is 1. The normalized spacial score (nSPS) is 11.0. The van der Waals surface area contributed by atoms with Crippen molar-refractivity contribution in [2.45, 2.75) is 12.8 Å². The quantitative estimate of drug-likeness (QED) is 0.760. The smallest absolute Gasteiger partial charge is 0.0345 e. The van der Waals surface area contributed by atoms with Crippen molar-refractivity contribution in [1.82, 2.24) is 0 Å². The summed E-state index contributed by atoms with van der Waals surface area (Å²) in [5.74, 6) is 0. The predicted octanol–water partition coefficient (Wildman–Crippen LogP) is 3.99. The van der Waals surface area contributed by atoms with Crippen LogP contribution in [0.3, 0.4) is 0 Å². The zero-order valence-electron chi connectivity index (χ0n) is 10.8. The minimum Gasteiger partial charge on any atom is -0.330 e. The Morgan fingerprint density at radius 3 is 2.42 bits per heavy atom. The molecule has 2 N–H and O–H groups in total. The second-order valence-electron chi connectivity index (χ2n) is 4.79. The Hall–Kier alpha value is -1.64. The fourth-order valence-corrected chi connectivity index (χ4v) is 3.34. The Kier molecular flexibility index (Phi) is 3.62. The number of benzene rings is 2. The summed E-state index contributed by atoms with van der Waals surface area (Å²) in [4.78, 5) is 0. The van der Waals surface area contributed by atoms with Gasteiger partial charge in [0, 0.05) is 4.70 Å². The van der Waals surface area contributed by atoms with E-state index in [0.29, 0.717) is 6.54 Å². The van der Waals surface area contributed by atoms with Crippen molar-refractivity contribution in [3.8, 4) is 0 Å². The van der Waals surface area contributed by atoms with E-state index >= 15 is 0 Å². The Balaban J connectivity index is 1.84. The lowest BCUT2D eigenvalue weighted by Crippen LogP contribution is -2.02. The minimum absolute atomic E-state index is 0.717. The van der Waals surface area contributed by atoms with Gasteiger partial charge in [-0.05, 0) is 52.9 Å². The first-order valence-corrected chi connectivity index (χ1v) is 7.48. The number of thiophene rings is 1. The first kappa shape index (κ1) is 12.4. The van der Waals surface area contributed by atoms with E-state index in [4.69, 9.17) is 5.73 Å². The standard InChI is InChI=1S/C17H17NS/c18-10-9-13-5-7-14(8-6-13)11-15-12-19-17-4-2-1-3-16(15)17/h1-8,12H,9-11,18H2. The van der Waals surface area contributed by atoms with Crippen molar-refractivity contribution in [3.63, 3.8) is 0 Å². The van der Waals surface area contributed by atoms with Gasteiger partial charge >= 0.3 is 0 Å². The van der Waals surface area contributed by atoms with Crippen LogP contribution in [0.5, 0.6) is 0 Å². The third-order valence-corrected chi connectivity index (χ3v) is 4.42. The number of nitrogens with two attached hydrogens (primary N) is 1. The lowest BCUT2D eigenvalue weighted by Gasteiger charge is -2.03. The lowest BCUT2D eigenvalue weighted by atomic mass is 10.0. The third-order valence-electron chi connectivity index (χ3n) is 3.41. The Morgan fingerprint density at radius 2 is 1.63 bits per heavy atom. The SMILES string of the molecule is NCCc1ccc(Cc2csc3ccccc23)cc1. The van der Waals surface area contributed by atoms with Crippen molar-refractivity contribution in [2.75, 3.05) is 6.54 Å². The van der Waals surface area contributed by atoms with E-state index in [-0.39, 0.29) is 0 Å². The molecule has 2 aromatic carbocycles. The fraction of sp³-hybridized carbons (Fsp3) is 0.176. The van der Waals surface area contributed by atoms with Crippen molar-refractivity contribution < 1.29 is 0 Å². The second-order valence-corrected chi connectivity index (χ2v) is 5.70. The topological polar surface area (TPSA) is 26.0 Å². The van der Waals surface area contributed by atoms with Crippen LogP contribution in [0.15, 0.2) is 53.9 Å². The zero-order valence-corrected chi connectivity index (χ0v) is 11.6. The third kappa shape index (κ3) is 2.70. The van der Waals surface area contributed by atoms with Crippen LogP contribution < -0.4 is 5.73 Å². The van der Waals surface area contributed by atoms with Gasteiger partial charge in [-0.25, -0.2) is 0 Å². The fourth-order valence-electron chi connectivity index (χ4n) is 2.38. The van der Waals surface area contributed by atoms with Gasteiger partial charge in [0.15, 0.2) is 0 Å². The molecule has 1 nitrogen and oxygen atoms in total. The van der Waals surface area contributed by atoms with Gasteiger partial charge in [0.05, 0.1) is 0 Å². The van der Waals surface area contributed by atoms with Crippen LogP contribution in [0.4, 0.5) is 0 Å². The van der Waals surface area contributed by atoms with Gasteiger partial charge < -0.3 is 5.73 Å². The molecule has 0 bridgehead atoms. The molecule has 0 aliphatic carbocycles. The molecule has 3 rings (SSSR count). The summed E-state index contributed by atoms with van der Waals surface area (Å²) in [5.41, 5.74) is 9.68. The van der Waals surface area contributed by atoms with E-state index in [1.54, 1.807) is 0 Å². The summed E-state index contributed by atoms with van der Waals surface area (Å²) in [6, 6.07) is 17.4. The summed E-state index contributed by atoms with van der Waals surface area (Å²) in [6.45, 7) is 0.717. The van der Waals surface area contributed by atoms with Crippen molar-refractivity contribution in [3.05, 3.63) is 70.6 Å². The molecule has 0 unspecified atom stereocenters. The number of hydrogen-bond donors (Lipinski definition) is 1. The van der Waals surface area contributed by atoms with E-state index in [0.717, 1.165) is 12.8 Å². The maximum Gasteiger partial charge on any atom is 0.0345 e. The molecule has 1 aromatic heterocycles.